The van der Waals surface area contributed by atoms with E-state index in [-0.39, 0.29) is 5.02 Å². The molecule has 0 bridgehead atoms. The molecule has 1 aromatic heterocycles. The Morgan fingerprint density at radius 1 is 1.31 bits per heavy atom. The highest BCUT2D eigenvalue weighted by molar-refractivity contribution is 7.10. The molecule has 2 rings (SSSR count). The van der Waals surface area contributed by atoms with Crippen molar-refractivity contribution in [2.45, 2.75) is 13.0 Å². The molecule has 0 saturated carbocycles. The zero-order valence-electron chi connectivity index (χ0n) is 8.71. The van der Waals surface area contributed by atoms with Crippen molar-refractivity contribution in [2.24, 2.45) is 5.73 Å². The highest BCUT2D eigenvalue weighted by Crippen LogP contribution is 2.29. The number of benzene rings is 1. The Morgan fingerprint density at radius 3 is 2.69 bits per heavy atom. The Morgan fingerprint density at radius 2 is 2.06 bits per heavy atom. The van der Waals surface area contributed by atoms with Crippen LogP contribution in [0.2, 0.25) is 5.02 Å². The van der Waals surface area contributed by atoms with E-state index in [4.69, 9.17) is 17.3 Å². The van der Waals surface area contributed by atoms with Gasteiger partial charge >= 0.3 is 0 Å². The van der Waals surface area contributed by atoms with E-state index in [0.29, 0.717) is 5.56 Å². The lowest BCUT2D eigenvalue weighted by Gasteiger charge is -2.13. The van der Waals surface area contributed by atoms with Gasteiger partial charge in [-0.1, -0.05) is 23.7 Å². The molecule has 1 unspecified atom stereocenters. The molecule has 1 atom stereocenters. The maximum absolute atomic E-state index is 13.8. The second-order valence-corrected chi connectivity index (χ2v) is 5.08. The van der Waals surface area contributed by atoms with Gasteiger partial charge in [0.25, 0.3) is 0 Å². The fourth-order valence-corrected chi connectivity index (χ4v) is 2.58. The third kappa shape index (κ3) is 1.98. The van der Waals surface area contributed by atoms with E-state index >= 15 is 0 Å². The Balaban J connectivity index is 2.46. The van der Waals surface area contributed by atoms with Crippen molar-refractivity contribution in [3.05, 3.63) is 56.5 Å². The van der Waals surface area contributed by atoms with Gasteiger partial charge in [0.15, 0.2) is 0 Å². The first-order chi connectivity index (χ1) is 7.61. The zero-order chi connectivity index (χ0) is 11.7. The molecule has 16 heavy (non-hydrogen) atoms. The second kappa shape index (κ2) is 4.53. The molecule has 1 aromatic carbocycles. The molecule has 0 radical (unpaired) electrons. The van der Waals surface area contributed by atoms with Gasteiger partial charge in [-0.3, -0.25) is 0 Å². The molecule has 0 amide bonds. The summed E-state index contributed by atoms with van der Waals surface area (Å²) >= 11 is 7.33. The maximum Gasteiger partial charge on any atom is 0.146 e. The highest BCUT2D eigenvalue weighted by Gasteiger charge is 2.17. The van der Waals surface area contributed by atoms with Gasteiger partial charge in [0, 0.05) is 10.4 Å². The van der Waals surface area contributed by atoms with Gasteiger partial charge in [0.2, 0.25) is 0 Å². The monoisotopic (exact) mass is 255 g/mol. The Labute approximate surface area is 103 Å². The van der Waals surface area contributed by atoms with Crippen LogP contribution >= 0.6 is 22.9 Å². The summed E-state index contributed by atoms with van der Waals surface area (Å²) in [5, 5.41) is 2.06. The summed E-state index contributed by atoms with van der Waals surface area (Å²) in [6.45, 7) is 1.97. The molecular formula is C12H11ClFNS. The van der Waals surface area contributed by atoms with Crippen LogP contribution in [0.4, 0.5) is 4.39 Å². The zero-order valence-corrected chi connectivity index (χ0v) is 10.3. The van der Waals surface area contributed by atoms with Crippen molar-refractivity contribution in [1.29, 1.82) is 0 Å². The fraction of sp³-hybridized carbons (Fsp3) is 0.167. The van der Waals surface area contributed by atoms with E-state index in [9.17, 15) is 4.39 Å². The number of aryl methyl sites for hydroxylation is 1. The average molecular weight is 256 g/mol. The van der Waals surface area contributed by atoms with Crippen LogP contribution < -0.4 is 5.73 Å². The van der Waals surface area contributed by atoms with Gasteiger partial charge in [-0.25, -0.2) is 4.39 Å². The van der Waals surface area contributed by atoms with Crippen LogP contribution in [0.1, 0.15) is 22.0 Å². The molecule has 0 aliphatic heterocycles. The second-order valence-electron chi connectivity index (χ2n) is 3.55. The van der Waals surface area contributed by atoms with Crippen molar-refractivity contribution in [3.8, 4) is 0 Å². The smallest absolute Gasteiger partial charge is 0.146 e. The Hall–Kier alpha value is -0.900. The summed E-state index contributed by atoms with van der Waals surface area (Å²) in [6.07, 6.45) is 0. The minimum absolute atomic E-state index is 0.112. The van der Waals surface area contributed by atoms with Crippen LogP contribution in [0.3, 0.4) is 0 Å². The number of halogens is 2. The standard InChI is InChI=1S/C12H11ClFNS/c1-7-8(5-6-16-7)12(15)9-3-2-4-10(13)11(9)14/h2-6,12H,15H2,1H3. The topological polar surface area (TPSA) is 26.0 Å². The minimum Gasteiger partial charge on any atom is -0.320 e. The number of rotatable bonds is 2. The number of nitrogens with two attached hydrogens (primary N) is 1. The molecule has 0 fully saturated rings. The average Bonchev–Trinajstić information content (AvgIpc) is 2.68. The number of hydrogen-bond donors (Lipinski definition) is 1. The summed E-state index contributed by atoms with van der Waals surface area (Å²) in [6, 6.07) is 6.37. The van der Waals surface area contributed by atoms with Crippen LogP contribution in [0.25, 0.3) is 0 Å². The van der Waals surface area contributed by atoms with Crippen LogP contribution in [0, 0.1) is 12.7 Å². The molecule has 0 aliphatic rings. The molecule has 0 saturated heterocycles. The van der Waals surface area contributed by atoms with Crippen molar-refractivity contribution in [3.63, 3.8) is 0 Å². The summed E-state index contributed by atoms with van der Waals surface area (Å²) in [5.74, 6) is -0.428. The highest BCUT2D eigenvalue weighted by atomic mass is 35.5. The Bertz CT molecular complexity index is 509. The minimum atomic E-state index is -0.454. The fourth-order valence-electron chi connectivity index (χ4n) is 1.65. The number of thiophene rings is 1. The third-order valence-corrected chi connectivity index (χ3v) is 3.70. The summed E-state index contributed by atoms with van der Waals surface area (Å²) < 4.78 is 13.8. The van der Waals surface area contributed by atoms with Gasteiger partial charge in [-0.2, -0.15) is 0 Å². The van der Waals surface area contributed by atoms with E-state index in [2.05, 4.69) is 0 Å². The van der Waals surface area contributed by atoms with E-state index in [1.54, 1.807) is 23.5 Å². The molecule has 1 heterocycles. The van der Waals surface area contributed by atoms with Crippen LogP contribution in [-0.2, 0) is 0 Å². The van der Waals surface area contributed by atoms with Crippen molar-refractivity contribution in [1.82, 2.24) is 0 Å². The van der Waals surface area contributed by atoms with Crippen LogP contribution in [-0.4, -0.2) is 0 Å². The SMILES string of the molecule is Cc1sccc1C(N)c1cccc(Cl)c1F. The van der Waals surface area contributed by atoms with Crippen LogP contribution in [0.15, 0.2) is 29.6 Å². The van der Waals surface area contributed by atoms with Gasteiger partial charge in [0.1, 0.15) is 5.82 Å². The first-order valence-electron chi connectivity index (χ1n) is 4.84. The quantitative estimate of drug-likeness (QED) is 0.866. The molecule has 1 nitrogen and oxygen atoms in total. The predicted octanol–water partition coefficient (Wildman–Crippen LogP) is 3.90. The number of hydrogen-bond acceptors (Lipinski definition) is 2. The lowest BCUT2D eigenvalue weighted by molar-refractivity contribution is 0.600. The predicted molar refractivity (Wildman–Crippen MR) is 66.5 cm³/mol. The third-order valence-electron chi connectivity index (χ3n) is 2.55. The van der Waals surface area contributed by atoms with Gasteiger partial charge in [-0.15, -0.1) is 11.3 Å². The summed E-state index contributed by atoms with van der Waals surface area (Å²) in [5.41, 5.74) is 7.43. The van der Waals surface area contributed by atoms with E-state index in [0.717, 1.165) is 10.4 Å². The van der Waals surface area contributed by atoms with E-state index in [1.807, 2.05) is 18.4 Å². The van der Waals surface area contributed by atoms with Crippen molar-refractivity contribution in [2.75, 3.05) is 0 Å². The summed E-state index contributed by atoms with van der Waals surface area (Å²) in [4.78, 5) is 1.10. The van der Waals surface area contributed by atoms with E-state index in [1.165, 1.54) is 6.07 Å². The maximum atomic E-state index is 13.8. The first-order valence-corrected chi connectivity index (χ1v) is 6.10. The lowest BCUT2D eigenvalue weighted by atomic mass is 10.00. The molecule has 84 valence electrons. The van der Waals surface area contributed by atoms with E-state index < -0.39 is 11.9 Å². The largest absolute Gasteiger partial charge is 0.320 e. The molecule has 2 aromatic rings. The van der Waals surface area contributed by atoms with Gasteiger partial charge < -0.3 is 5.73 Å². The normalized spacial score (nSPS) is 12.8. The summed E-state index contributed by atoms with van der Waals surface area (Å²) in [7, 11) is 0. The molecule has 0 aliphatic carbocycles. The van der Waals surface area contributed by atoms with Gasteiger partial charge in [0.05, 0.1) is 11.1 Å². The van der Waals surface area contributed by atoms with Crippen molar-refractivity contribution < 1.29 is 4.39 Å². The molecule has 2 N–H and O–H groups in total. The molecule has 4 heteroatoms. The molecule has 0 spiro atoms. The Kier molecular flexibility index (Phi) is 3.28. The van der Waals surface area contributed by atoms with Crippen molar-refractivity contribution >= 4 is 22.9 Å². The first kappa shape index (κ1) is 11.6. The van der Waals surface area contributed by atoms with Gasteiger partial charge in [-0.05, 0) is 30.0 Å². The lowest BCUT2D eigenvalue weighted by Crippen LogP contribution is -2.13. The molecular weight excluding hydrogens is 245 g/mol. The van der Waals surface area contributed by atoms with Crippen LogP contribution in [0.5, 0.6) is 0 Å².